The van der Waals surface area contributed by atoms with Gasteiger partial charge in [-0.3, -0.25) is 4.79 Å². The Bertz CT molecular complexity index is 563. The summed E-state index contributed by atoms with van der Waals surface area (Å²) in [4.78, 5) is 24.2. The fourth-order valence-corrected chi connectivity index (χ4v) is 2.57. The molecule has 0 bridgehead atoms. The predicted octanol–water partition coefficient (Wildman–Crippen LogP) is 2.59. The molecule has 0 spiro atoms. The number of esters is 1. The average molecular weight is 287 g/mol. The second-order valence-electron chi connectivity index (χ2n) is 5.91. The van der Waals surface area contributed by atoms with Crippen LogP contribution < -0.4 is 5.32 Å². The van der Waals surface area contributed by atoms with Crippen LogP contribution in [0.15, 0.2) is 42.0 Å². The fourth-order valence-electron chi connectivity index (χ4n) is 2.57. The Hall–Kier alpha value is -2.10. The van der Waals surface area contributed by atoms with Gasteiger partial charge < -0.3 is 10.1 Å². The van der Waals surface area contributed by atoms with Gasteiger partial charge in [0.25, 0.3) is 0 Å². The minimum Gasteiger partial charge on any atom is -0.459 e. The summed E-state index contributed by atoms with van der Waals surface area (Å²) in [6.07, 6.45) is 2.23. The van der Waals surface area contributed by atoms with Crippen LogP contribution in [0.25, 0.3) is 0 Å². The lowest BCUT2D eigenvalue weighted by molar-refractivity contribution is -0.152. The molecule has 1 amide bonds. The maximum absolute atomic E-state index is 12.5. The smallest absolute Gasteiger partial charge is 0.336 e. The molecule has 0 saturated heterocycles. The zero-order chi connectivity index (χ0) is 15.5. The topological polar surface area (TPSA) is 55.4 Å². The Morgan fingerprint density at radius 3 is 2.48 bits per heavy atom. The molecular formula is C17H21NO3. The Kier molecular flexibility index (Phi) is 4.46. The van der Waals surface area contributed by atoms with E-state index in [0.717, 1.165) is 5.56 Å². The second kappa shape index (κ2) is 6.12. The van der Waals surface area contributed by atoms with Crippen LogP contribution in [0, 0.1) is 5.92 Å². The molecule has 1 aliphatic heterocycles. The third-order valence-corrected chi connectivity index (χ3v) is 3.46. The summed E-state index contributed by atoms with van der Waals surface area (Å²) in [5.41, 5.74) is 0.465. The van der Waals surface area contributed by atoms with E-state index in [2.05, 4.69) is 5.32 Å². The van der Waals surface area contributed by atoms with Crippen LogP contribution in [-0.2, 0) is 20.9 Å². The van der Waals surface area contributed by atoms with Crippen molar-refractivity contribution in [2.24, 2.45) is 5.92 Å². The van der Waals surface area contributed by atoms with Gasteiger partial charge in [0.2, 0.25) is 5.91 Å². The van der Waals surface area contributed by atoms with E-state index in [0.29, 0.717) is 12.0 Å². The van der Waals surface area contributed by atoms with Crippen LogP contribution in [0.3, 0.4) is 0 Å². The molecule has 1 unspecified atom stereocenters. The molecule has 0 aliphatic carbocycles. The predicted molar refractivity (Wildman–Crippen MR) is 80.3 cm³/mol. The van der Waals surface area contributed by atoms with E-state index in [-0.39, 0.29) is 18.4 Å². The minimum atomic E-state index is -1.02. The van der Waals surface area contributed by atoms with E-state index in [4.69, 9.17) is 4.74 Å². The molecule has 0 saturated carbocycles. The van der Waals surface area contributed by atoms with Crippen LogP contribution >= 0.6 is 0 Å². The van der Waals surface area contributed by atoms with Gasteiger partial charge in [0.1, 0.15) is 6.61 Å². The van der Waals surface area contributed by atoms with E-state index in [1.165, 1.54) is 0 Å². The Morgan fingerprint density at radius 1 is 1.29 bits per heavy atom. The van der Waals surface area contributed by atoms with E-state index >= 15 is 0 Å². The summed E-state index contributed by atoms with van der Waals surface area (Å²) < 4.78 is 5.41. The maximum atomic E-state index is 12.5. The third-order valence-electron chi connectivity index (χ3n) is 3.46. The molecule has 1 heterocycles. The van der Waals surface area contributed by atoms with E-state index in [1.807, 2.05) is 44.2 Å². The summed E-state index contributed by atoms with van der Waals surface area (Å²) in [5.74, 6) is -0.339. The first kappa shape index (κ1) is 15.3. The van der Waals surface area contributed by atoms with Crippen molar-refractivity contribution in [1.29, 1.82) is 0 Å². The second-order valence-corrected chi connectivity index (χ2v) is 5.91. The Balaban J connectivity index is 2.11. The van der Waals surface area contributed by atoms with Crippen molar-refractivity contribution in [2.45, 2.75) is 39.3 Å². The molecule has 4 nitrogen and oxygen atoms in total. The fraction of sp³-hybridized carbons (Fsp3) is 0.412. The highest BCUT2D eigenvalue weighted by Crippen LogP contribution is 2.27. The van der Waals surface area contributed by atoms with Crippen LogP contribution in [0.5, 0.6) is 0 Å². The van der Waals surface area contributed by atoms with Gasteiger partial charge in [0, 0.05) is 5.57 Å². The Labute approximate surface area is 125 Å². The van der Waals surface area contributed by atoms with E-state index < -0.39 is 11.5 Å². The number of benzene rings is 1. The van der Waals surface area contributed by atoms with Gasteiger partial charge in [-0.25, -0.2) is 4.79 Å². The zero-order valence-corrected chi connectivity index (χ0v) is 12.7. The number of hydrogen-bond acceptors (Lipinski definition) is 3. The number of amides is 1. The average Bonchev–Trinajstić information content (AvgIpc) is 2.72. The first-order valence-corrected chi connectivity index (χ1v) is 7.16. The third kappa shape index (κ3) is 3.51. The Morgan fingerprint density at radius 2 is 1.95 bits per heavy atom. The first-order chi connectivity index (χ1) is 9.93. The van der Waals surface area contributed by atoms with Crippen molar-refractivity contribution >= 4 is 11.9 Å². The normalized spacial score (nSPS) is 21.1. The highest BCUT2D eigenvalue weighted by atomic mass is 16.5. The summed E-state index contributed by atoms with van der Waals surface area (Å²) in [6, 6.07) is 9.51. The van der Waals surface area contributed by atoms with E-state index in [9.17, 15) is 9.59 Å². The van der Waals surface area contributed by atoms with Crippen molar-refractivity contribution in [1.82, 2.24) is 5.32 Å². The monoisotopic (exact) mass is 287 g/mol. The minimum absolute atomic E-state index is 0.202. The molecule has 1 N–H and O–H groups in total. The number of rotatable bonds is 5. The van der Waals surface area contributed by atoms with Crippen molar-refractivity contribution in [3.63, 3.8) is 0 Å². The number of nitrogens with one attached hydrogen (secondary N) is 1. The van der Waals surface area contributed by atoms with Crippen LogP contribution in [-0.4, -0.2) is 17.4 Å². The van der Waals surface area contributed by atoms with Crippen LogP contribution in [0.1, 0.15) is 32.8 Å². The largest absolute Gasteiger partial charge is 0.459 e. The maximum Gasteiger partial charge on any atom is 0.336 e. The summed E-state index contributed by atoms with van der Waals surface area (Å²) in [6.45, 7) is 5.95. The lowest BCUT2D eigenvalue weighted by Crippen LogP contribution is -2.51. The molecule has 0 radical (unpaired) electrons. The van der Waals surface area contributed by atoms with E-state index in [1.54, 1.807) is 13.0 Å². The quantitative estimate of drug-likeness (QED) is 0.847. The summed E-state index contributed by atoms with van der Waals surface area (Å²) in [7, 11) is 0. The SMILES string of the molecule is CC1=CC(CC(C)C)(C(=O)OCc2ccccc2)NC1=O. The van der Waals surface area contributed by atoms with Gasteiger partial charge in [-0.1, -0.05) is 44.2 Å². The molecule has 1 aromatic carbocycles. The van der Waals surface area contributed by atoms with Gasteiger partial charge in [-0.05, 0) is 30.9 Å². The lowest BCUT2D eigenvalue weighted by Gasteiger charge is -2.27. The van der Waals surface area contributed by atoms with Crippen molar-refractivity contribution in [2.75, 3.05) is 0 Å². The number of carbonyl (C=O) groups excluding carboxylic acids is 2. The van der Waals surface area contributed by atoms with Gasteiger partial charge >= 0.3 is 5.97 Å². The van der Waals surface area contributed by atoms with Crippen molar-refractivity contribution < 1.29 is 14.3 Å². The number of carbonyl (C=O) groups is 2. The molecule has 1 aromatic rings. The van der Waals surface area contributed by atoms with Crippen LogP contribution in [0.4, 0.5) is 0 Å². The van der Waals surface area contributed by atoms with Gasteiger partial charge in [0.05, 0.1) is 0 Å². The molecule has 4 heteroatoms. The molecular weight excluding hydrogens is 266 g/mol. The molecule has 112 valence electrons. The molecule has 21 heavy (non-hydrogen) atoms. The van der Waals surface area contributed by atoms with Gasteiger partial charge in [-0.15, -0.1) is 0 Å². The number of ether oxygens (including phenoxy) is 1. The first-order valence-electron chi connectivity index (χ1n) is 7.16. The summed E-state index contributed by atoms with van der Waals surface area (Å²) in [5, 5.41) is 2.78. The van der Waals surface area contributed by atoms with Crippen molar-refractivity contribution in [3.05, 3.63) is 47.5 Å². The van der Waals surface area contributed by atoms with Gasteiger partial charge in [-0.2, -0.15) is 0 Å². The molecule has 1 atom stereocenters. The van der Waals surface area contributed by atoms with Crippen molar-refractivity contribution in [3.8, 4) is 0 Å². The van der Waals surface area contributed by atoms with Gasteiger partial charge in [0.15, 0.2) is 5.54 Å². The zero-order valence-electron chi connectivity index (χ0n) is 12.7. The molecule has 0 fully saturated rings. The highest BCUT2D eigenvalue weighted by Gasteiger charge is 2.44. The lowest BCUT2D eigenvalue weighted by atomic mass is 9.89. The standard InChI is InChI=1S/C17H21NO3/c1-12(2)9-17(10-13(3)15(19)18-17)16(20)21-11-14-7-5-4-6-8-14/h4-8,10,12H,9,11H2,1-3H3,(H,18,19). The summed E-state index contributed by atoms with van der Waals surface area (Å²) >= 11 is 0. The highest BCUT2D eigenvalue weighted by molar-refractivity contribution is 6.03. The van der Waals surface area contributed by atoms with Crippen LogP contribution in [0.2, 0.25) is 0 Å². The molecule has 0 aromatic heterocycles. The molecule has 2 rings (SSSR count). The molecule has 1 aliphatic rings. The number of hydrogen-bond donors (Lipinski definition) is 1.